The molecule has 2 aliphatic rings. The van der Waals surface area contributed by atoms with Gasteiger partial charge < -0.3 is 15.0 Å². The zero-order valence-electron chi connectivity index (χ0n) is 9.73. The molecule has 2 N–H and O–H groups in total. The van der Waals surface area contributed by atoms with Crippen LogP contribution in [0.25, 0.3) is 0 Å². The van der Waals surface area contributed by atoms with Crippen molar-refractivity contribution < 1.29 is 9.64 Å². The molecule has 0 bridgehead atoms. The molecule has 1 saturated heterocycles. The van der Waals surface area contributed by atoms with Crippen molar-refractivity contribution in [2.24, 2.45) is 5.41 Å². The molecule has 0 atom stereocenters. The molecule has 1 aliphatic heterocycles. The first-order valence-electron chi connectivity index (χ1n) is 5.78. The van der Waals surface area contributed by atoms with E-state index in [1.54, 1.807) is 0 Å². The number of ether oxygens (including phenoxy) is 1. The number of hydrogen-bond donors (Lipinski definition) is 2. The van der Waals surface area contributed by atoms with Gasteiger partial charge in [0.2, 0.25) is 0 Å². The second-order valence-corrected chi connectivity index (χ2v) is 5.43. The molecule has 1 fully saturated rings. The van der Waals surface area contributed by atoms with Crippen LogP contribution in [-0.2, 0) is 4.74 Å². The van der Waals surface area contributed by atoms with E-state index < -0.39 is 0 Å². The summed E-state index contributed by atoms with van der Waals surface area (Å²) >= 11 is 0. The molecular weight excluding hydrogens is 188 g/mol. The van der Waals surface area contributed by atoms with Crippen LogP contribution in [0.3, 0.4) is 0 Å². The van der Waals surface area contributed by atoms with E-state index in [0.717, 1.165) is 44.9 Å². The smallest absolute Gasteiger partial charge is 0.110 e. The number of morpholine rings is 1. The van der Waals surface area contributed by atoms with E-state index in [1.165, 1.54) is 10.6 Å². The van der Waals surface area contributed by atoms with Crippen LogP contribution in [0.5, 0.6) is 0 Å². The summed E-state index contributed by atoms with van der Waals surface area (Å²) in [7, 11) is 0. The number of nitrogens with one attached hydrogen (secondary N) is 2. The summed E-state index contributed by atoms with van der Waals surface area (Å²) < 4.78 is 5.37. The maximum absolute atomic E-state index is 7.87. The molecule has 0 spiro atoms. The minimum atomic E-state index is 0.270. The fraction of sp³-hybridized carbons (Fsp3) is 0.750. The molecule has 15 heavy (non-hydrogen) atoms. The number of hydrogen-bond acceptors (Lipinski definition) is 2. The highest BCUT2D eigenvalue weighted by molar-refractivity contribution is 5.93. The molecule has 0 aromatic rings. The zero-order valence-corrected chi connectivity index (χ0v) is 9.73. The van der Waals surface area contributed by atoms with E-state index in [-0.39, 0.29) is 5.41 Å². The average molecular weight is 209 g/mol. The molecule has 0 radical (unpaired) electrons. The zero-order chi connectivity index (χ0) is 10.9. The lowest BCUT2D eigenvalue weighted by molar-refractivity contribution is -0.871. The Morgan fingerprint density at radius 3 is 2.53 bits per heavy atom. The van der Waals surface area contributed by atoms with Crippen molar-refractivity contribution in [1.82, 2.24) is 0 Å². The summed E-state index contributed by atoms with van der Waals surface area (Å²) in [5, 5.41) is 7.87. The molecule has 2 rings (SSSR count). The monoisotopic (exact) mass is 209 g/mol. The third-order valence-electron chi connectivity index (χ3n) is 3.24. The van der Waals surface area contributed by atoms with Gasteiger partial charge >= 0.3 is 0 Å². The van der Waals surface area contributed by atoms with Crippen molar-refractivity contribution in [2.45, 2.75) is 26.7 Å². The van der Waals surface area contributed by atoms with Crippen LogP contribution < -0.4 is 4.90 Å². The van der Waals surface area contributed by atoms with Crippen LogP contribution >= 0.6 is 0 Å². The summed E-state index contributed by atoms with van der Waals surface area (Å²) in [4.78, 5) is 1.53. The van der Waals surface area contributed by atoms with Gasteiger partial charge in [0.15, 0.2) is 0 Å². The van der Waals surface area contributed by atoms with Gasteiger partial charge in [-0.2, -0.15) is 0 Å². The summed E-state index contributed by atoms with van der Waals surface area (Å²) in [5.74, 6) is 0. The molecular formula is C12H21N2O+. The van der Waals surface area contributed by atoms with Crippen molar-refractivity contribution in [3.8, 4) is 0 Å². The average Bonchev–Trinajstić information content (AvgIpc) is 2.16. The first-order chi connectivity index (χ1) is 7.07. The standard InChI is InChI=1S/C12H20N2O/c1-12(2)8-10(13)7-11(9-12)14-3-5-15-6-4-14/h7,13H,3-6,8-9H2,1-2H3/p+1. The first kappa shape index (κ1) is 10.8. The van der Waals surface area contributed by atoms with E-state index >= 15 is 0 Å². The Kier molecular flexibility index (Phi) is 2.94. The molecule has 1 heterocycles. The Hall–Kier alpha value is -0.670. The third kappa shape index (κ3) is 2.67. The van der Waals surface area contributed by atoms with Crippen LogP contribution in [0.1, 0.15) is 26.7 Å². The lowest BCUT2D eigenvalue weighted by Crippen LogP contribution is -3.12. The Morgan fingerprint density at radius 1 is 1.27 bits per heavy atom. The van der Waals surface area contributed by atoms with Crippen LogP contribution in [0.2, 0.25) is 0 Å². The molecule has 3 heteroatoms. The van der Waals surface area contributed by atoms with Gasteiger partial charge in [-0.3, -0.25) is 0 Å². The Bertz CT molecular complexity index is 288. The summed E-state index contributed by atoms with van der Waals surface area (Å²) in [5.41, 5.74) is 2.48. The summed E-state index contributed by atoms with van der Waals surface area (Å²) in [6.45, 7) is 8.37. The highest BCUT2D eigenvalue weighted by Gasteiger charge is 2.31. The minimum Gasteiger partial charge on any atom is -0.370 e. The normalized spacial score (nSPS) is 27.6. The lowest BCUT2D eigenvalue weighted by atomic mass is 9.78. The molecule has 0 aromatic heterocycles. The van der Waals surface area contributed by atoms with Gasteiger partial charge in [0.05, 0.1) is 13.2 Å². The summed E-state index contributed by atoms with van der Waals surface area (Å²) in [6.07, 6.45) is 4.14. The lowest BCUT2D eigenvalue weighted by Gasteiger charge is -2.34. The number of rotatable bonds is 1. The quantitative estimate of drug-likeness (QED) is 0.653. The van der Waals surface area contributed by atoms with Crippen molar-refractivity contribution in [3.05, 3.63) is 11.8 Å². The van der Waals surface area contributed by atoms with Crippen molar-refractivity contribution in [1.29, 1.82) is 5.41 Å². The Balaban J connectivity index is 2.10. The molecule has 3 nitrogen and oxygen atoms in total. The Labute approximate surface area is 91.6 Å². The molecule has 1 aliphatic carbocycles. The van der Waals surface area contributed by atoms with Gasteiger partial charge in [0.25, 0.3) is 0 Å². The highest BCUT2D eigenvalue weighted by Crippen LogP contribution is 2.31. The minimum absolute atomic E-state index is 0.270. The van der Waals surface area contributed by atoms with Gasteiger partial charge in [0.1, 0.15) is 18.8 Å². The van der Waals surface area contributed by atoms with Crippen LogP contribution in [0, 0.1) is 10.8 Å². The number of allylic oxidation sites excluding steroid dienone is 2. The molecule has 0 unspecified atom stereocenters. The van der Waals surface area contributed by atoms with Crippen LogP contribution in [0.15, 0.2) is 11.8 Å². The largest absolute Gasteiger partial charge is 0.370 e. The van der Waals surface area contributed by atoms with Gasteiger partial charge in [-0.25, -0.2) is 0 Å². The predicted molar refractivity (Wildman–Crippen MR) is 60.3 cm³/mol. The fourth-order valence-corrected chi connectivity index (χ4v) is 2.57. The Morgan fingerprint density at radius 2 is 1.93 bits per heavy atom. The fourth-order valence-electron chi connectivity index (χ4n) is 2.57. The second-order valence-electron chi connectivity index (χ2n) is 5.43. The van der Waals surface area contributed by atoms with Crippen molar-refractivity contribution in [2.75, 3.05) is 26.3 Å². The van der Waals surface area contributed by atoms with E-state index in [2.05, 4.69) is 19.9 Å². The first-order valence-corrected chi connectivity index (χ1v) is 5.78. The molecule has 0 aromatic carbocycles. The maximum atomic E-state index is 7.87. The van der Waals surface area contributed by atoms with Crippen molar-refractivity contribution >= 4 is 5.71 Å². The summed E-state index contributed by atoms with van der Waals surface area (Å²) in [6, 6.07) is 0. The van der Waals surface area contributed by atoms with Gasteiger partial charge in [0, 0.05) is 18.2 Å². The topological polar surface area (TPSA) is 37.5 Å². The SMILES string of the molecule is CC1(C)CC(=N)C=C([NH+]2CCOCC2)C1. The molecule has 84 valence electrons. The van der Waals surface area contributed by atoms with E-state index in [4.69, 9.17) is 10.1 Å². The van der Waals surface area contributed by atoms with Gasteiger partial charge in [-0.15, -0.1) is 0 Å². The van der Waals surface area contributed by atoms with E-state index in [1.807, 2.05) is 0 Å². The highest BCUT2D eigenvalue weighted by atomic mass is 16.5. The van der Waals surface area contributed by atoms with Crippen molar-refractivity contribution in [3.63, 3.8) is 0 Å². The molecule has 0 saturated carbocycles. The van der Waals surface area contributed by atoms with Crippen LogP contribution in [-0.4, -0.2) is 32.0 Å². The van der Waals surface area contributed by atoms with E-state index in [0.29, 0.717) is 0 Å². The van der Waals surface area contributed by atoms with Gasteiger partial charge in [-0.05, 0) is 11.8 Å². The van der Waals surface area contributed by atoms with Crippen LogP contribution in [0.4, 0.5) is 0 Å². The number of quaternary nitrogens is 1. The van der Waals surface area contributed by atoms with E-state index in [9.17, 15) is 0 Å². The molecule has 0 amide bonds. The third-order valence-corrected chi connectivity index (χ3v) is 3.24. The second kappa shape index (κ2) is 4.06. The van der Waals surface area contributed by atoms with Gasteiger partial charge in [-0.1, -0.05) is 13.8 Å². The maximum Gasteiger partial charge on any atom is 0.110 e. The predicted octanol–water partition coefficient (Wildman–Crippen LogP) is 0.625.